The predicted octanol–water partition coefficient (Wildman–Crippen LogP) is 5.00. The summed E-state index contributed by atoms with van der Waals surface area (Å²) in [5, 5.41) is 6.51. The molecule has 0 radical (unpaired) electrons. The predicted molar refractivity (Wildman–Crippen MR) is 151 cm³/mol. The summed E-state index contributed by atoms with van der Waals surface area (Å²) in [6.45, 7) is 1.48. The largest absolute Gasteiger partial charge is 0.385 e. The summed E-state index contributed by atoms with van der Waals surface area (Å²) in [7, 11) is 3.19. The number of nitrogens with zero attached hydrogens (tertiary/aromatic N) is 2. The van der Waals surface area contributed by atoms with E-state index in [-0.39, 0.29) is 36.7 Å². The minimum atomic E-state index is -0.307. The molecule has 0 N–H and O–H groups in total. The van der Waals surface area contributed by atoms with Gasteiger partial charge in [-0.15, -0.1) is 0 Å². The Labute approximate surface area is 229 Å². The van der Waals surface area contributed by atoms with E-state index in [1.54, 1.807) is 38.5 Å². The van der Waals surface area contributed by atoms with Crippen LogP contribution in [-0.2, 0) is 9.47 Å². The van der Waals surface area contributed by atoms with Crippen molar-refractivity contribution in [2.45, 2.75) is 12.8 Å². The van der Waals surface area contributed by atoms with E-state index in [0.29, 0.717) is 59.1 Å². The number of hydrogen-bond acceptors (Lipinski definition) is 6. The van der Waals surface area contributed by atoms with Gasteiger partial charge in [0, 0.05) is 73.5 Å². The average molecular weight is 535 g/mol. The Balaban J connectivity index is 1.47. The van der Waals surface area contributed by atoms with Crippen LogP contribution < -0.4 is 0 Å². The van der Waals surface area contributed by atoms with Crippen LogP contribution in [0, 0.1) is 0 Å². The highest BCUT2D eigenvalue weighted by molar-refractivity contribution is 6.41. The molecule has 0 spiro atoms. The molecule has 0 saturated heterocycles. The lowest BCUT2D eigenvalue weighted by Crippen LogP contribution is -2.41. The summed E-state index contributed by atoms with van der Waals surface area (Å²) >= 11 is 0. The molecule has 0 aliphatic carbocycles. The van der Waals surface area contributed by atoms with Crippen molar-refractivity contribution in [2.75, 3.05) is 40.5 Å². The van der Waals surface area contributed by atoms with Crippen molar-refractivity contribution in [2.24, 2.45) is 0 Å². The molecule has 0 atom stereocenters. The highest BCUT2D eigenvalue weighted by Gasteiger charge is 2.36. The highest BCUT2D eigenvalue weighted by Crippen LogP contribution is 2.46. The zero-order valence-electron chi connectivity index (χ0n) is 22.2. The number of methoxy groups -OCH3 is 2. The van der Waals surface area contributed by atoms with E-state index in [1.807, 2.05) is 24.3 Å². The van der Waals surface area contributed by atoms with Crippen molar-refractivity contribution in [3.05, 3.63) is 70.8 Å². The minimum Gasteiger partial charge on any atom is -0.385 e. The second kappa shape index (κ2) is 9.08. The zero-order valence-corrected chi connectivity index (χ0v) is 22.2. The standard InChI is InChI=1S/C32H26N2O6/c1-39-15-3-13-33-29(35)21-9-5-17-19-7-11-23-28-24(32(38)34(31(23)37)14-4-16-40-2)12-8-20(26(19)28)18-6-10-22(30(33)36)27(21)25(17)18/h5-12H,3-4,13-16H2,1-2H3. The van der Waals surface area contributed by atoms with Crippen LogP contribution in [0.2, 0.25) is 0 Å². The Morgan fingerprint density at radius 2 is 0.775 bits per heavy atom. The maximum Gasteiger partial charge on any atom is 0.261 e. The van der Waals surface area contributed by atoms with E-state index in [4.69, 9.17) is 9.47 Å². The molecule has 0 aromatic heterocycles. The van der Waals surface area contributed by atoms with Crippen LogP contribution in [0.3, 0.4) is 0 Å². The molecule has 7 rings (SSSR count). The van der Waals surface area contributed by atoms with Crippen molar-refractivity contribution in [1.29, 1.82) is 0 Å². The van der Waals surface area contributed by atoms with Crippen molar-refractivity contribution in [1.82, 2.24) is 9.80 Å². The molecule has 40 heavy (non-hydrogen) atoms. The molecule has 2 aliphatic heterocycles. The van der Waals surface area contributed by atoms with Crippen LogP contribution in [0.15, 0.2) is 48.5 Å². The molecule has 2 aliphatic rings. The smallest absolute Gasteiger partial charge is 0.261 e. The molecule has 0 saturated carbocycles. The fourth-order valence-electron chi connectivity index (χ4n) is 6.51. The van der Waals surface area contributed by atoms with Gasteiger partial charge in [-0.1, -0.05) is 24.3 Å². The van der Waals surface area contributed by atoms with Crippen molar-refractivity contribution in [3.8, 4) is 0 Å². The van der Waals surface area contributed by atoms with Gasteiger partial charge < -0.3 is 9.47 Å². The average Bonchev–Trinajstić information content (AvgIpc) is 2.97. The molecule has 8 heteroatoms. The number of carbonyl (C=O) groups is 4. The molecule has 5 aromatic carbocycles. The molecule has 0 fully saturated rings. The third-order valence-corrected chi connectivity index (χ3v) is 8.26. The van der Waals surface area contributed by atoms with Crippen LogP contribution in [0.5, 0.6) is 0 Å². The number of carbonyl (C=O) groups excluding carboxylic acids is 4. The normalized spacial score (nSPS) is 15.2. The van der Waals surface area contributed by atoms with Gasteiger partial charge in [-0.25, -0.2) is 0 Å². The van der Waals surface area contributed by atoms with Crippen LogP contribution in [-0.4, -0.2) is 74.0 Å². The first-order chi connectivity index (χ1) is 19.5. The van der Waals surface area contributed by atoms with Gasteiger partial charge in [-0.2, -0.15) is 0 Å². The van der Waals surface area contributed by atoms with Crippen LogP contribution in [0.1, 0.15) is 54.3 Å². The van der Waals surface area contributed by atoms with Gasteiger partial charge in [-0.3, -0.25) is 29.0 Å². The summed E-state index contributed by atoms with van der Waals surface area (Å²) < 4.78 is 10.2. The van der Waals surface area contributed by atoms with Gasteiger partial charge in [0.1, 0.15) is 0 Å². The molecular formula is C32H26N2O6. The molecule has 0 bridgehead atoms. The fraction of sp³-hybridized carbons (Fsp3) is 0.250. The van der Waals surface area contributed by atoms with E-state index in [2.05, 4.69) is 0 Å². The van der Waals surface area contributed by atoms with Crippen LogP contribution in [0.25, 0.3) is 43.1 Å². The lowest BCUT2D eigenvalue weighted by Gasteiger charge is -2.30. The third kappa shape index (κ3) is 3.20. The zero-order chi connectivity index (χ0) is 27.7. The number of amides is 4. The molecule has 8 nitrogen and oxygen atoms in total. The first kappa shape index (κ1) is 24.6. The number of hydrogen-bond donors (Lipinski definition) is 0. The molecule has 2 heterocycles. The summed E-state index contributed by atoms with van der Waals surface area (Å²) in [6.07, 6.45) is 1.12. The summed E-state index contributed by atoms with van der Waals surface area (Å²) in [6, 6.07) is 14.8. The molecular weight excluding hydrogens is 508 g/mol. The lowest BCUT2D eigenvalue weighted by molar-refractivity contribution is 0.0579. The first-order valence-corrected chi connectivity index (χ1v) is 13.4. The molecule has 4 amide bonds. The van der Waals surface area contributed by atoms with E-state index in [9.17, 15) is 19.2 Å². The Hall–Kier alpha value is -4.40. The SMILES string of the molecule is COCCCN1C(=O)c2ccc3c4ccc5c6c(ccc(c7ccc(c2c37)C1=O)c64)C(=O)N(CCCOC)C5=O. The Kier molecular flexibility index (Phi) is 5.59. The second-order valence-electron chi connectivity index (χ2n) is 10.4. The third-order valence-electron chi connectivity index (χ3n) is 8.26. The molecule has 5 aromatic rings. The van der Waals surface area contributed by atoms with Gasteiger partial charge >= 0.3 is 0 Å². The molecule has 200 valence electrons. The van der Waals surface area contributed by atoms with Gasteiger partial charge in [0.2, 0.25) is 0 Å². The minimum absolute atomic E-state index is 0.286. The quantitative estimate of drug-likeness (QED) is 0.120. The maximum atomic E-state index is 13.5. The van der Waals surface area contributed by atoms with Gasteiger partial charge in [0.15, 0.2) is 0 Å². The lowest BCUT2D eigenvalue weighted by atomic mass is 9.82. The number of imide groups is 2. The highest BCUT2D eigenvalue weighted by atomic mass is 16.5. The monoisotopic (exact) mass is 534 g/mol. The van der Waals surface area contributed by atoms with Crippen molar-refractivity contribution in [3.63, 3.8) is 0 Å². The van der Waals surface area contributed by atoms with E-state index in [1.165, 1.54) is 9.80 Å². The number of rotatable bonds is 8. The van der Waals surface area contributed by atoms with Gasteiger partial charge in [0.05, 0.1) is 0 Å². The van der Waals surface area contributed by atoms with Crippen LogP contribution >= 0.6 is 0 Å². The summed E-state index contributed by atoms with van der Waals surface area (Å²) in [5.41, 5.74) is 2.00. The number of ether oxygens (including phenoxy) is 2. The maximum absolute atomic E-state index is 13.5. The van der Waals surface area contributed by atoms with Crippen LogP contribution in [0.4, 0.5) is 0 Å². The topological polar surface area (TPSA) is 93.2 Å². The number of fused-ring (bicyclic) bond motifs is 2. The second-order valence-corrected chi connectivity index (χ2v) is 10.4. The Morgan fingerprint density at radius 3 is 1.05 bits per heavy atom. The molecule has 0 unspecified atom stereocenters. The number of benzene rings is 5. The first-order valence-electron chi connectivity index (χ1n) is 13.4. The van der Waals surface area contributed by atoms with Gasteiger partial charge in [0.25, 0.3) is 23.6 Å². The Morgan fingerprint density at radius 1 is 0.475 bits per heavy atom. The Bertz CT molecular complexity index is 1670. The summed E-state index contributed by atoms with van der Waals surface area (Å²) in [5.74, 6) is -1.23. The van der Waals surface area contributed by atoms with E-state index in [0.717, 1.165) is 32.3 Å². The fourth-order valence-corrected chi connectivity index (χ4v) is 6.51. The van der Waals surface area contributed by atoms with Crippen molar-refractivity contribution < 1.29 is 28.7 Å². The van der Waals surface area contributed by atoms with Gasteiger partial charge in [-0.05, 0) is 69.4 Å². The van der Waals surface area contributed by atoms with E-state index >= 15 is 0 Å². The van der Waals surface area contributed by atoms with E-state index < -0.39 is 0 Å². The van der Waals surface area contributed by atoms with Crippen molar-refractivity contribution >= 4 is 66.7 Å². The summed E-state index contributed by atoms with van der Waals surface area (Å²) in [4.78, 5) is 56.5.